The van der Waals surface area contributed by atoms with Crippen LogP contribution in [-0.4, -0.2) is 33.3 Å². The Morgan fingerprint density at radius 2 is 2.16 bits per heavy atom. The summed E-state index contributed by atoms with van der Waals surface area (Å²) in [6.45, 7) is 1.72. The van der Waals surface area contributed by atoms with Gasteiger partial charge in [-0.25, -0.2) is 4.98 Å². The van der Waals surface area contributed by atoms with Gasteiger partial charge in [0.05, 0.1) is 5.69 Å². The quantitative estimate of drug-likeness (QED) is 0.799. The Hall–Kier alpha value is -1.33. The van der Waals surface area contributed by atoms with Gasteiger partial charge in [-0.05, 0) is 25.3 Å². The van der Waals surface area contributed by atoms with Gasteiger partial charge in [0, 0.05) is 30.7 Å². The molecule has 4 nitrogen and oxygen atoms in total. The van der Waals surface area contributed by atoms with Crippen molar-refractivity contribution in [1.29, 1.82) is 0 Å². The highest BCUT2D eigenvalue weighted by Gasteiger charge is 2.14. The van der Waals surface area contributed by atoms with Gasteiger partial charge in [-0.2, -0.15) is 0 Å². The van der Waals surface area contributed by atoms with Crippen molar-refractivity contribution in [3.05, 3.63) is 28.5 Å². The third-order valence-corrected chi connectivity index (χ3v) is 4.34. The number of likely N-dealkylation sites (tertiary alicyclic amines) is 1. The van der Waals surface area contributed by atoms with E-state index in [1.54, 1.807) is 12.2 Å². The number of nitrogens with zero attached hydrogens (tertiary/aromatic N) is 3. The Morgan fingerprint density at radius 1 is 1.37 bits per heavy atom. The topological polar surface area (TPSA) is 37.6 Å². The van der Waals surface area contributed by atoms with Crippen molar-refractivity contribution in [3.8, 4) is 0 Å². The van der Waals surface area contributed by atoms with Gasteiger partial charge in [0.2, 0.25) is 5.91 Å². The largest absolute Gasteiger partial charge is 0.339 e. The maximum Gasteiger partial charge on any atom is 0.246 e. The van der Waals surface area contributed by atoms with Crippen molar-refractivity contribution in [2.75, 3.05) is 13.1 Å². The zero-order valence-corrected chi connectivity index (χ0v) is 12.0. The summed E-state index contributed by atoms with van der Waals surface area (Å²) in [4.78, 5) is 19.0. The first-order valence-electron chi connectivity index (χ1n) is 6.34. The Labute approximate surface area is 120 Å². The van der Waals surface area contributed by atoms with Crippen molar-refractivity contribution in [2.24, 2.45) is 0 Å². The van der Waals surface area contributed by atoms with Crippen LogP contribution in [0.2, 0.25) is 5.15 Å². The molecule has 0 spiro atoms. The number of imidazole rings is 1. The standard InChI is InChI=1S/C13H14ClN3OS/c14-12-10(17-8-9-19-13(17)15-12)4-5-11(18)16-6-2-1-3-7-16/h4-5,8-9H,1-3,6-7H2/b5-4+. The fourth-order valence-electron chi connectivity index (χ4n) is 2.30. The molecular formula is C13H14ClN3OS. The van der Waals surface area contributed by atoms with Gasteiger partial charge in [-0.3, -0.25) is 9.20 Å². The van der Waals surface area contributed by atoms with Crippen LogP contribution in [0.15, 0.2) is 17.7 Å². The van der Waals surface area contributed by atoms with Crippen LogP contribution in [0, 0.1) is 0 Å². The Balaban J connectivity index is 1.79. The molecule has 1 aliphatic heterocycles. The van der Waals surface area contributed by atoms with Crippen LogP contribution in [0.25, 0.3) is 11.0 Å². The number of carbonyl (C=O) groups excluding carboxylic acids is 1. The first kappa shape index (κ1) is 12.7. The molecule has 0 atom stereocenters. The normalized spacial score (nSPS) is 16.6. The molecule has 0 bridgehead atoms. The van der Waals surface area contributed by atoms with Crippen molar-refractivity contribution in [1.82, 2.24) is 14.3 Å². The zero-order valence-electron chi connectivity index (χ0n) is 10.4. The minimum absolute atomic E-state index is 0.0564. The molecule has 2 aromatic rings. The number of piperidine rings is 1. The van der Waals surface area contributed by atoms with E-state index >= 15 is 0 Å². The van der Waals surface area contributed by atoms with Gasteiger partial charge in [-0.1, -0.05) is 11.6 Å². The molecule has 0 aromatic carbocycles. The van der Waals surface area contributed by atoms with Gasteiger partial charge in [0.1, 0.15) is 0 Å². The van der Waals surface area contributed by atoms with Crippen LogP contribution < -0.4 is 0 Å². The summed E-state index contributed by atoms with van der Waals surface area (Å²) in [5.41, 5.74) is 0.767. The van der Waals surface area contributed by atoms with E-state index in [1.165, 1.54) is 17.8 Å². The van der Waals surface area contributed by atoms with Crippen LogP contribution in [0.4, 0.5) is 0 Å². The lowest BCUT2D eigenvalue weighted by Gasteiger charge is -2.25. The SMILES string of the molecule is O=C(/C=C/c1c(Cl)nc2sccn12)N1CCCCC1. The molecule has 0 unspecified atom stereocenters. The van der Waals surface area contributed by atoms with E-state index in [2.05, 4.69) is 4.98 Å². The maximum absolute atomic E-state index is 12.0. The zero-order chi connectivity index (χ0) is 13.2. The molecule has 0 radical (unpaired) electrons. The molecule has 3 rings (SSSR count). The first-order valence-corrected chi connectivity index (χ1v) is 7.59. The number of hydrogen-bond donors (Lipinski definition) is 0. The minimum atomic E-state index is 0.0564. The van der Waals surface area contributed by atoms with Crippen molar-refractivity contribution in [2.45, 2.75) is 19.3 Å². The van der Waals surface area contributed by atoms with E-state index in [4.69, 9.17) is 11.6 Å². The average Bonchev–Trinajstić information content (AvgIpc) is 2.98. The molecule has 1 amide bonds. The Bertz CT molecular complexity index is 625. The lowest BCUT2D eigenvalue weighted by Crippen LogP contribution is -2.34. The average molecular weight is 296 g/mol. The summed E-state index contributed by atoms with van der Waals surface area (Å²) in [6.07, 6.45) is 8.68. The van der Waals surface area contributed by atoms with Gasteiger partial charge < -0.3 is 4.90 Å². The van der Waals surface area contributed by atoms with Gasteiger partial charge in [0.15, 0.2) is 10.1 Å². The van der Waals surface area contributed by atoms with Crippen molar-refractivity contribution in [3.63, 3.8) is 0 Å². The van der Waals surface area contributed by atoms with Crippen LogP contribution >= 0.6 is 22.9 Å². The van der Waals surface area contributed by atoms with E-state index < -0.39 is 0 Å². The number of aromatic nitrogens is 2. The summed E-state index contributed by atoms with van der Waals surface area (Å²) >= 11 is 7.60. The predicted molar refractivity (Wildman–Crippen MR) is 77.5 cm³/mol. The molecule has 0 saturated carbocycles. The number of carbonyl (C=O) groups is 1. The van der Waals surface area contributed by atoms with Gasteiger partial charge >= 0.3 is 0 Å². The number of amides is 1. The monoisotopic (exact) mass is 295 g/mol. The number of thiazole rings is 1. The smallest absolute Gasteiger partial charge is 0.246 e. The minimum Gasteiger partial charge on any atom is -0.339 e. The molecule has 2 aromatic heterocycles. The molecule has 0 aliphatic carbocycles. The van der Waals surface area contributed by atoms with Gasteiger partial charge in [-0.15, -0.1) is 11.3 Å². The summed E-state index contributed by atoms with van der Waals surface area (Å²) < 4.78 is 1.90. The molecule has 3 heterocycles. The molecule has 1 aliphatic rings. The third kappa shape index (κ3) is 2.53. The highest BCUT2D eigenvalue weighted by molar-refractivity contribution is 7.15. The molecule has 0 N–H and O–H groups in total. The third-order valence-electron chi connectivity index (χ3n) is 3.31. The lowest BCUT2D eigenvalue weighted by atomic mass is 10.1. The number of rotatable bonds is 2. The Kier molecular flexibility index (Phi) is 3.57. The summed E-state index contributed by atoms with van der Waals surface area (Å²) in [5.74, 6) is 0.0564. The molecule has 19 heavy (non-hydrogen) atoms. The summed E-state index contributed by atoms with van der Waals surface area (Å²) in [5, 5.41) is 2.39. The van der Waals surface area contributed by atoms with E-state index in [-0.39, 0.29) is 5.91 Å². The fraction of sp³-hybridized carbons (Fsp3) is 0.385. The Morgan fingerprint density at radius 3 is 2.95 bits per heavy atom. The molecule has 1 saturated heterocycles. The second kappa shape index (κ2) is 5.35. The van der Waals surface area contributed by atoms with E-state index in [1.807, 2.05) is 20.9 Å². The second-order valence-corrected chi connectivity index (χ2v) is 5.79. The van der Waals surface area contributed by atoms with Crippen LogP contribution in [-0.2, 0) is 4.79 Å². The van der Waals surface area contributed by atoms with Gasteiger partial charge in [0.25, 0.3) is 0 Å². The van der Waals surface area contributed by atoms with Crippen LogP contribution in [0.3, 0.4) is 0 Å². The van der Waals surface area contributed by atoms with Crippen LogP contribution in [0.5, 0.6) is 0 Å². The summed E-state index contributed by atoms with van der Waals surface area (Å²) in [7, 11) is 0. The van der Waals surface area contributed by atoms with Crippen LogP contribution in [0.1, 0.15) is 25.0 Å². The first-order chi connectivity index (χ1) is 9.25. The van der Waals surface area contributed by atoms with E-state index in [9.17, 15) is 4.79 Å². The van der Waals surface area contributed by atoms with Crippen molar-refractivity contribution >= 4 is 39.9 Å². The summed E-state index contributed by atoms with van der Waals surface area (Å²) in [6, 6.07) is 0. The number of halogens is 1. The lowest BCUT2D eigenvalue weighted by molar-refractivity contribution is -0.126. The molecule has 6 heteroatoms. The molecule has 100 valence electrons. The number of fused-ring (bicyclic) bond motifs is 1. The maximum atomic E-state index is 12.0. The highest BCUT2D eigenvalue weighted by atomic mass is 35.5. The molecule has 1 fully saturated rings. The second-order valence-electron chi connectivity index (χ2n) is 4.56. The van der Waals surface area contributed by atoms with E-state index in [0.717, 1.165) is 36.6 Å². The highest BCUT2D eigenvalue weighted by Crippen LogP contribution is 2.22. The van der Waals surface area contributed by atoms with E-state index in [0.29, 0.717) is 5.15 Å². The predicted octanol–water partition coefficient (Wildman–Crippen LogP) is 3.07. The fourth-order valence-corrected chi connectivity index (χ4v) is 3.30. The van der Waals surface area contributed by atoms with Crippen molar-refractivity contribution < 1.29 is 4.79 Å². The number of hydrogen-bond acceptors (Lipinski definition) is 3. The molecular weight excluding hydrogens is 282 g/mol.